The summed E-state index contributed by atoms with van der Waals surface area (Å²) >= 11 is 0. The van der Waals surface area contributed by atoms with E-state index < -0.39 is 0 Å². The Morgan fingerprint density at radius 3 is 2.71 bits per heavy atom. The minimum atomic E-state index is 0.872. The SMILES string of the molecule is CCCCCc1ccc(NC2=NCCN2)cc1. The maximum Gasteiger partial charge on any atom is 0.195 e. The van der Waals surface area contributed by atoms with Gasteiger partial charge >= 0.3 is 0 Å². The highest BCUT2D eigenvalue weighted by Gasteiger charge is 2.04. The summed E-state index contributed by atoms with van der Waals surface area (Å²) in [4.78, 5) is 4.31. The quantitative estimate of drug-likeness (QED) is 0.764. The van der Waals surface area contributed by atoms with Crippen LogP contribution in [0.15, 0.2) is 29.3 Å². The van der Waals surface area contributed by atoms with Crippen LogP contribution >= 0.6 is 0 Å². The molecule has 1 aromatic rings. The van der Waals surface area contributed by atoms with Gasteiger partial charge in [0.2, 0.25) is 0 Å². The van der Waals surface area contributed by atoms with Crippen LogP contribution in [-0.4, -0.2) is 19.0 Å². The van der Waals surface area contributed by atoms with Crippen LogP contribution in [0.3, 0.4) is 0 Å². The molecule has 17 heavy (non-hydrogen) atoms. The van der Waals surface area contributed by atoms with Crippen LogP contribution in [0.25, 0.3) is 0 Å². The van der Waals surface area contributed by atoms with Gasteiger partial charge in [0.05, 0.1) is 6.54 Å². The summed E-state index contributed by atoms with van der Waals surface area (Å²) in [6, 6.07) is 8.66. The predicted octanol–water partition coefficient (Wildman–Crippen LogP) is 2.79. The first-order chi connectivity index (χ1) is 8.38. The number of nitrogens with one attached hydrogen (secondary N) is 2. The van der Waals surface area contributed by atoms with Gasteiger partial charge in [-0.2, -0.15) is 0 Å². The molecule has 0 spiro atoms. The fraction of sp³-hybridized carbons (Fsp3) is 0.500. The fourth-order valence-corrected chi connectivity index (χ4v) is 1.95. The van der Waals surface area contributed by atoms with E-state index >= 15 is 0 Å². The van der Waals surface area contributed by atoms with Crippen LogP contribution < -0.4 is 10.6 Å². The first-order valence-corrected chi connectivity index (χ1v) is 6.53. The second kappa shape index (κ2) is 6.28. The smallest absolute Gasteiger partial charge is 0.195 e. The van der Waals surface area contributed by atoms with E-state index in [9.17, 15) is 0 Å². The van der Waals surface area contributed by atoms with E-state index in [0.29, 0.717) is 0 Å². The number of nitrogens with zero attached hydrogens (tertiary/aromatic N) is 1. The van der Waals surface area contributed by atoms with Crippen molar-refractivity contribution in [3.8, 4) is 0 Å². The predicted molar refractivity (Wildman–Crippen MR) is 73.6 cm³/mol. The number of anilines is 1. The molecule has 3 nitrogen and oxygen atoms in total. The maximum absolute atomic E-state index is 4.31. The van der Waals surface area contributed by atoms with Gasteiger partial charge in [-0.05, 0) is 30.5 Å². The molecule has 2 rings (SSSR count). The van der Waals surface area contributed by atoms with Crippen LogP contribution in [0, 0.1) is 0 Å². The number of hydrogen-bond acceptors (Lipinski definition) is 3. The zero-order chi connectivity index (χ0) is 11.9. The lowest BCUT2D eigenvalue weighted by molar-refractivity contribution is 0.717. The highest BCUT2D eigenvalue weighted by atomic mass is 15.2. The fourth-order valence-electron chi connectivity index (χ4n) is 1.95. The van der Waals surface area contributed by atoms with Crippen molar-refractivity contribution in [1.82, 2.24) is 5.32 Å². The Kier molecular flexibility index (Phi) is 4.42. The topological polar surface area (TPSA) is 36.4 Å². The molecule has 0 saturated heterocycles. The van der Waals surface area contributed by atoms with Crippen LogP contribution in [-0.2, 0) is 6.42 Å². The van der Waals surface area contributed by atoms with E-state index in [1.165, 1.54) is 31.2 Å². The van der Waals surface area contributed by atoms with Gasteiger partial charge < -0.3 is 10.6 Å². The van der Waals surface area contributed by atoms with Crippen molar-refractivity contribution < 1.29 is 0 Å². The number of aryl methyl sites for hydroxylation is 1. The molecule has 3 heteroatoms. The Morgan fingerprint density at radius 2 is 2.06 bits per heavy atom. The summed E-state index contributed by atoms with van der Waals surface area (Å²) in [7, 11) is 0. The summed E-state index contributed by atoms with van der Waals surface area (Å²) < 4.78 is 0. The molecule has 0 atom stereocenters. The number of guanidine groups is 1. The van der Waals surface area contributed by atoms with E-state index in [0.717, 1.165) is 24.7 Å². The highest BCUT2D eigenvalue weighted by Crippen LogP contribution is 2.12. The highest BCUT2D eigenvalue weighted by molar-refractivity contribution is 5.94. The van der Waals surface area contributed by atoms with Crippen molar-refractivity contribution in [2.75, 3.05) is 18.4 Å². The first-order valence-electron chi connectivity index (χ1n) is 6.53. The zero-order valence-corrected chi connectivity index (χ0v) is 10.5. The van der Waals surface area contributed by atoms with Crippen LogP contribution in [0.1, 0.15) is 31.7 Å². The third kappa shape index (κ3) is 3.77. The molecular weight excluding hydrogens is 210 g/mol. The van der Waals surface area contributed by atoms with E-state index in [4.69, 9.17) is 0 Å². The van der Waals surface area contributed by atoms with Gasteiger partial charge in [-0.1, -0.05) is 31.9 Å². The molecular formula is C14H21N3. The Hall–Kier alpha value is -1.51. The summed E-state index contributed by atoms with van der Waals surface area (Å²) in [5.74, 6) is 0.892. The van der Waals surface area contributed by atoms with Crippen molar-refractivity contribution in [1.29, 1.82) is 0 Å². The van der Waals surface area contributed by atoms with Crippen molar-refractivity contribution >= 4 is 11.6 Å². The monoisotopic (exact) mass is 231 g/mol. The third-order valence-electron chi connectivity index (χ3n) is 2.96. The standard InChI is InChI=1S/C14H21N3/c1-2-3-4-5-12-6-8-13(9-7-12)17-14-15-10-11-16-14/h6-9H,2-5,10-11H2,1H3,(H2,15,16,17). The molecule has 0 bridgehead atoms. The Labute approximate surface area is 103 Å². The van der Waals surface area contributed by atoms with Gasteiger partial charge in [-0.3, -0.25) is 4.99 Å². The molecule has 0 saturated carbocycles. The van der Waals surface area contributed by atoms with Gasteiger partial charge in [-0.15, -0.1) is 0 Å². The van der Waals surface area contributed by atoms with Crippen LogP contribution in [0.4, 0.5) is 5.69 Å². The largest absolute Gasteiger partial charge is 0.354 e. The van der Waals surface area contributed by atoms with Crippen LogP contribution in [0.5, 0.6) is 0 Å². The van der Waals surface area contributed by atoms with Gasteiger partial charge in [0, 0.05) is 12.2 Å². The number of unbranched alkanes of at least 4 members (excludes halogenated alkanes) is 2. The van der Waals surface area contributed by atoms with E-state index in [2.05, 4.69) is 46.8 Å². The lowest BCUT2D eigenvalue weighted by Crippen LogP contribution is -2.26. The first kappa shape index (κ1) is 12.0. The second-order valence-corrected chi connectivity index (χ2v) is 4.44. The van der Waals surface area contributed by atoms with Crippen LogP contribution in [0.2, 0.25) is 0 Å². The third-order valence-corrected chi connectivity index (χ3v) is 2.96. The van der Waals surface area contributed by atoms with Gasteiger partial charge in [0.25, 0.3) is 0 Å². The second-order valence-electron chi connectivity index (χ2n) is 4.44. The minimum absolute atomic E-state index is 0.872. The summed E-state index contributed by atoms with van der Waals surface area (Å²) in [5.41, 5.74) is 2.53. The molecule has 1 aliphatic heterocycles. The van der Waals surface area contributed by atoms with Gasteiger partial charge in [0.1, 0.15) is 0 Å². The summed E-state index contributed by atoms with van der Waals surface area (Å²) in [6.45, 7) is 4.05. The van der Waals surface area contributed by atoms with Gasteiger partial charge in [0.15, 0.2) is 5.96 Å². The average molecular weight is 231 g/mol. The minimum Gasteiger partial charge on any atom is -0.354 e. The Bertz CT molecular complexity index is 368. The average Bonchev–Trinajstić information content (AvgIpc) is 2.85. The molecule has 0 fully saturated rings. The zero-order valence-electron chi connectivity index (χ0n) is 10.5. The van der Waals surface area contributed by atoms with E-state index in [1.807, 2.05) is 0 Å². The molecule has 1 aliphatic rings. The van der Waals surface area contributed by atoms with Crippen molar-refractivity contribution in [2.45, 2.75) is 32.6 Å². The molecule has 0 unspecified atom stereocenters. The Morgan fingerprint density at radius 1 is 1.24 bits per heavy atom. The molecule has 92 valence electrons. The van der Waals surface area contributed by atoms with Gasteiger partial charge in [-0.25, -0.2) is 0 Å². The normalized spacial score (nSPS) is 14.3. The molecule has 0 aliphatic carbocycles. The summed E-state index contributed by atoms with van der Waals surface area (Å²) in [5, 5.41) is 6.47. The van der Waals surface area contributed by atoms with E-state index in [1.54, 1.807) is 0 Å². The van der Waals surface area contributed by atoms with Crippen molar-refractivity contribution in [2.24, 2.45) is 4.99 Å². The van der Waals surface area contributed by atoms with Crippen molar-refractivity contribution in [3.05, 3.63) is 29.8 Å². The number of aliphatic imine (C=N–C) groups is 1. The Balaban J connectivity index is 1.84. The summed E-state index contributed by atoms with van der Waals surface area (Å²) in [6.07, 6.45) is 5.08. The molecule has 2 N–H and O–H groups in total. The molecule has 0 amide bonds. The lowest BCUT2D eigenvalue weighted by atomic mass is 10.1. The lowest BCUT2D eigenvalue weighted by Gasteiger charge is -2.07. The molecule has 1 heterocycles. The number of rotatable bonds is 5. The molecule has 0 aromatic heterocycles. The number of hydrogen-bond donors (Lipinski definition) is 2. The van der Waals surface area contributed by atoms with E-state index in [-0.39, 0.29) is 0 Å². The molecule has 1 aromatic carbocycles. The maximum atomic E-state index is 4.31. The molecule has 0 radical (unpaired) electrons. The number of benzene rings is 1. The van der Waals surface area contributed by atoms with Crippen molar-refractivity contribution in [3.63, 3.8) is 0 Å².